The number of aromatic amines is 1. The van der Waals surface area contributed by atoms with Gasteiger partial charge in [-0.1, -0.05) is 11.6 Å². The van der Waals surface area contributed by atoms with E-state index in [1.165, 1.54) is 0 Å². The van der Waals surface area contributed by atoms with Crippen molar-refractivity contribution >= 4 is 40.2 Å². The largest absolute Gasteiger partial charge is 0.382 e. The fourth-order valence-electron chi connectivity index (χ4n) is 3.03. The van der Waals surface area contributed by atoms with E-state index in [9.17, 15) is 5.26 Å². The summed E-state index contributed by atoms with van der Waals surface area (Å²) in [5, 5.41) is 20.8. The third-order valence-electron chi connectivity index (χ3n) is 4.30. The molecule has 0 amide bonds. The van der Waals surface area contributed by atoms with Crippen molar-refractivity contribution in [1.29, 1.82) is 5.26 Å². The molecule has 0 saturated heterocycles. The van der Waals surface area contributed by atoms with E-state index >= 15 is 0 Å². The number of nitrogen functional groups attached to an aromatic ring is 2. The second kappa shape index (κ2) is 6.71. The number of hydrogen-bond acceptors (Lipinski definition) is 8. The number of aromatic nitrogens is 6. The zero-order valence-corrected chi connectivity index (χ0v) is 15.4. The molecule has 0 aromatic carbocycles. The molecule has 0 spiro atoms. The van der Waals surface area contributed by atoms with Gasteiger partial charge in [-0.2, -0.15) is 20.3 Å². The number of pyridine rings is 1. The smallest absolute Gasteiger partial charge is 0.224 e. The third-order valence-corrected chi connectivity index (χ3v) is 4.61. The first-order valence-electron chi connectivity index (χ1n) is 8.24. The van der Waals surface area contributed by atoms with Crippen LogP contribution in [0.1, 0.15) is 24.1 Å². The van der Waals surface area contributed by atoms with Crippen LogP contribution in [0.2, 0.25) is 5.02 Å². The van der Waals surface area contributed by atoms with E-state index in [1.54, 1.807) is 18.5 Å². The summed E-state index contributed by atoms with van der Waals surface area (Å²) in [6, 6.07) is 5.25. The maximum atomic E-state index is 9.38. The lowest BCUT2D eigenvalue weighted by molar-refractivity contribution is 0.871. The SMILES string of the molecule is C[C@H](Nc1nc(N)nc(N)c1C#N)c1cn(-c2ccn[nH]2)c2nccc(Cl)c12. The molecule has 10 nitrogen and oxygen atoms in total. The van der Waals surface area contributed by atoms with E-state index in [-0.39, 0.29) is 29.2 Å². The molecule has 4 aromatic rings. The summed E-state index contributed by atoms with van der Waals surface area (Å²) in [7, 11) is 0. The molecule has 6 N–H and O–H groups in total. The first-order valence-corrected chi connectivity index (χ1v) is 8.62. The lowest BCUT2D eigenvalue weighted by atomic mass is 10.1. The van der Waals surface area contributed by atoms with Gasteiger partial charge in [0.1, 0.15) is 28.9 Å². The minimum Gasteiger partial charge on any atom is -0.382 e. The molecule has 0 fully saturated rings. The van der Waals surface area contributed by atoms with Gasteiger partial charge in [0.25, 0.3) is 0 Å². The minimum absolute atomic E-state index is 0.0179. The molecule has 0 radical (unpaired) electrons. The molecule has 28 heavy (non-hydrogen) atoms. The first kappa shape index (κ1) is 17.6. The van der Waals surface area contributed by atoms with Gasteiger partial charge in [0.15, 0.2) is 5.82 Å². The van der Waals surface area contributed by atoms with Gasteiger partial charge in [-0.3, -0.25) is 9.67 Å². The lowest BCUT2D eigenvalue weighted by Crippen LogP contribution is -2.13. The van der Waals surface area contributed by atoms with Crippen molar-refractivity contribution in [2.45, 2.75) is 13.0 Å². The number of nitrogens with one attached hydrogen (secondary N) is 2. The van der Waals surface area contributed by atoms with Crippen molar-refractivity contribution in [2.24, 2.45) is 0 Å². The van der Waals surface area contributed by atoms with Crippen molar-refractivity contribution in [1.82, 2.24) is 29.7 Å². The number of nitrogens with zero attached hydrogens (tertiary/aromatic N) is 6. The topological polar surface area (TPSA) is 160 Å². The van der Waals surface area contributed by atoms with Crippen LogP contribution in [0.25, 0.3) is 16.9 Å². The summed E-state index contributed by atoms with van der Waals surface area (Å²) in [5.41, 5.74) is 13.1. The molecule has 0 aliphatic heterocycles. The average molecular weight is 395 g/mol. The summed E-state index contributed by atoms with van der Waals surface area (Å²) in [5.74, 6) is 0.990. The normalized spacial score (nSPS) is 12.0. The van der Waals surface area contributed by atoms with Crippen LogP contribution in [0.15, 0.2) is 30.7 Å². The highest BCUT2D eigenvalue weighted by Gasteiger charge is 2.21. The predicted octanol–water partition coefficient (Wildman–Crippen LogP) is 2.40. The molecule has 140 valence electrons. The highest BCUT2D eigenvalue weighted by Crippen LogP contribution is 2.34. The standard InChI is InChI=1S/C17H15ClN10/c1-8(24-15-9(6-19)14(20)25-17(21)26-15)10-7-28(12-3-5-23-27-12)16-13(10)11(18)2-4-22-16/h2-5,7-8H,1H3,(H,23,27)(H5,20,21,24,25,26)/t8-/m0/s1. The van der Waals surface area contributed by atoms with Gasteiger partial charge in [-0.15, -0.1) is 0 Å². The Balaban J connectivity index is 1.83. The Kier molecular flexibility index (Phi) is 4.21. The van der Waals surface area contributed by atoms with Crippen molar-refractivity contribution in [3.63, 3.8) is 0 Å². The molecule has 0 aliphatic carbocycles. The summed E-state index contributed by atoms with van der Waals surface area (Å²) in [6.07, 6.45) is 5.19. The number of hydrogen-bond donors (Lipinski definition) is 4. The van der Waals surface area contributed by atoms with Crippen molar-refractivity contribution in [3.05, 3.63) is 46.9 Å². The molecule has 0 aliphatic rings. The Morgan fingerprint density at radius 3 is 2.82 bits per heavy atom. The summed E-state index contributed by atoms with van der Waals surface area (Å²) in [4.78, 5) is 12.4. The van der Waals surface area contributed by atoms with Gasteiger partial charge >= 0.3 is 0 Å². The monoisotopic (exact) mass is 394 g/mol. The van der Waals surface area contributed by atoms with Crippen LogP contribution in [-0.4, -0.2) is 29.7 Å². The molecular formula is C17H15ClN10. The maximum Gasteiger partial charge on any atom is 0.224 e. The minimum atomic E-state index is -0.297. The van der Waals surface area contributed by atoms with E-state index in [0.717, 1.165) is 16.8 Å². The fourth-order valence-corrected chi connectivity index (χ4v) is 3.28. The van der Waals surface area contributed by atoms with E-state index in [2.05, 4.69) is 30.5 Å². The lowest BCUT2D eigenvalue weighted by Gasteiger charge is -2.16. The van der Waals surface area contributed by atoms with Crippen LogP contribution < -0.4 is 16.8 Å². The van der Waals surface area contributed by atoms with Crippen LogP contribution >= 0.6 is 11.6 Å². The Labute approximate surface area is 164 Å². The summed E-state index contributed by atoms with van der Waals surface area (Å²) < 4.78 is 1.86. The van der Waals surface area contributed by atoms with Crippen LogP contribution in [0.3, 0.4) is 0 Å². The fraction of sp³-hybridized carbons (Fsp3) is 0.118. The number of nitrogens with two attached hydrogens (primary N) is 2. The number of rotatable bonds is 4. The van der Waals surface area contributed by atoms with E-state index in [1.807, 2.05) is 29.8 Å². The quantitative estimate of drug-likeness (QED) is 0.410. The van der Waals surface area contributed by atoms with Crippen LogP contribution in [-0.2, 0) is 0 Å². The molecule has 4 aromatic heterocycles. The second-order valence-electron chi connectivity index (χ2n) is 6.06. The Hall–Kier alpha value is -3.84. The Bertz CT molecular complexity index is 1210. The molecule has 4 rings (SSSR count). The van der Waals surface area contributed by atoms with Crippen LogP contribution in [0.5, 0.6) is 0 Å². The van der Waals surface area contributed by atoms with Crippen LogP contribution in [0.4, 0.5) is 17.6 Å². The number of fused-ring (bicyclic) bond motifs is 1. The van der Waals surface area contributed by atoms with E-state index in [4.69, 9.17) is 23.1 Å². The van der Waals surface area contributed by atoms with Crippen LogP contribution in [0, 0.1) is 11.3 Å². The molecule has 0 bridgehead atoms. The van der Waals surface area contributed by atoms with Crippen molar-refractivity contribution < 1.29 is 0 Å². The number of H-pyrrole nitrogens is 1. The molecular weight excluding hydrogens is 380 g/mol. The van der Waals surface area contributed by atoms with E-state index in [0.29, 0.717) is 10.7 Å². The van der Waals surface area contributed by atoms with Gasteiger partial charge < -0.3 is 16.8 Å². The van der Waals surface area contributed by atoms with Gasteiger partial charge in [0, 0.05) is 29.4 Å². The number of halogens is 1. The number of nitriles is 1. The molecule has 0 unspecified atom stereocenters. The van der Waals surface area contributed by atoms with Crippen molar-refractivity contribution in [2.75, 3.05) is 16.8 Å². The predicted molar refractivity (Wildman–Crippen MR) is 106 cm³/mol. The molecule has 0 saturated carbocycles. The summed E-state index contributed by atoms with van der Waals surface area (Å²) >= 11 is 6.47. The molecule has 4 heterocycles. The average Bonchev–Trinajstić information content (AvgIpc) is 3.29. The zero-order chi connectivity index (χ0) is 19.8. The first-order chi connectivity index (χ1) is 13.5. The van der Waals surface area contributed by atoms with Gasteiger partial charge in [0.2, 0.25) is 5.95 Å². The van der Waals surface area contributed by atoms with E-state index < -0.39 is 0 Å². The highest BCUT2D eigenvalue weighted by molar-refractivity contribution is 6.35. The maximum absolute atomic E-state index is 9.38. The summed E-state index contributed by atoms with van der Waals surface area (Å²) in [6.45, 7) is 1.91. The highest BCUT2D eigenvalue weighted by atomic mass is 35.5. The van der Waals surface area contributed by atoms with Gasteiger partial charge in [0.05, 0.1) is 17.3 Å². The second-order valence-corrected chi connectivity index (χ2v) is 6.46. The Morgan fingerprint density at radius 1 is 1.29 bits per heavy atom. The molecule has 11 heteroatoms. The third kappa shape index (κ3) is 2.83. The Morgan fingerprint density at radius 2 is 2.11 bits per heavy atom. The van der Waals surface area contributed by atoms with Crippen molar-refractivity contribution in [3.8, 4) is 11.9 Å². The van der Waals surface area contributed by atoms with Gasteiger partial charge in [-0.25, -0.2) is 4.98 Å². The molecule has 1 atom stereocenters. The van der Waals surface area contributed by atoms with Gasteiger partial charge in [-0.05, 0) is 13.0 Å². The number of anilines is 3. The zero-order valence-electron chi connectivity index (χ0n) is 14.7.